The third-order valence-corrected chi connectivity index (χ3v) is 7.97. The largest absolute Gasteiger partial charge is 0.424 e. The van der Waals surface area contributed by atoms with Crippen LogP contribution in [0.5, 0.6) is 11.8 Å². The van der Waals surface area contributed by atoms with Crippen molar-refractivity contribution < 1.29 is 19.1 Å². The summed E-state index contributed by atoms with van der Waals surface area (Å²) in [7, 11) is 0. The second kappa shape index (κ2) is 10.7. The molecule has 1 unspecified atom stereocenters. The van der Waals surface area contributed by atoms with Crippen molar-refractivity contribution in [1.82, 2.24) is 25.6 Å². The fourth-order valence-corrected chi connectivity index (χ4v) is 6.05. The zero-order chi connectivity index (χ0) is 27.6. The molecule has 3 N–H and O–H groups in total. The van der Waals surface area contributed by atoms with Crippen molar-refractivity contribution in [3.05, 3.63) is 72.5 Å². The van der Waals surface area contributed by atoms with Crippen LogP contribution in [0.4, 0.5) is 21.9 Å². The quantitative estimate of drug-likeness (QED) is 0.276. The summed E-state index contributed by atoms with van der Waals surface area (Å²) < 4.78 is 5.67. The van der Waals surface area contributed by atoms with Gasteiger partial charge >= 0.3 is 12.0 Å². The summed E-state index contributed by atoms with van der Waals surface area (Å²) in [5.74, 6) is -0.000646. The molecule has 0 radical (unpaired) electrons. The molecule has 1 aliphatic carbocycles. The molecular formula is C28H25N7O4S. The number of amides is 4. The molecular weight excluding hydrogens is 530 g/mol. The van der Waals surface area contributed by atoms with E-state index in [0.29, 0.717) is 37.9 Å². The van der Waals surface area contributed by atoms with Crippen LogP contribution in [-0.4, -0.2) is 44.9 Å². The van der Waals surface area contributed by atoms with Crippen LogP contribution in [0.1, 0.15) is 35.4 Å². The highest BCUT2D eigenvalue weighted by Crippen LogP contribution is 2.45. The molecule has 3 aromatic heterocycles. The number of para-hydroxylation sites is 1. The molecule has 6 rings (SSSR count). The average Bonchev–Trinajstić information content (AvgIpc) is 3.35. The molecule has 4 heterocycles. The number of ether oxygens (including phenoxy) is 1. The van der Waals surface area contributed by atoms with Gasteiger partial charge < -0.3 is 20.7 Å². The van der Waals surface area contributed by atoms with Crippen molar-refractivity contribution >= 4 is 56.5 Å². The van der Waals surface area contributed by atoms with E-state index in [9.17, 15) is 14.4 Å². The zero-order valence-electron chi connectivity index (χ0n) is 21.3. The summed E-state index contributed by atoms with van der Waals surface area (Å²) in [6, 6.07) is 10.1. The number of nitrogens with zero attached hydrogens (tertiary/aromatic N) is 4. The number of anilines is 3. The van der Waals surface area contributed by atoms with Crippen molar-refractivity contribution in [2.75, 3.05) is 10.2 Å². The molecule has 1 aromatic carbocycles. The van der Waals surface area contributed by atoms with Crippen LogP contribution in [0.25, 0.3) is 10.2 Å². The standard InChI is InChI=1S/C28H25N7O4S/c1-2-21(36)32-18-10-6-7-11-19(18)33-25(37)24-23-22-20(12-13-29-26(22)40-24)35(28(38)34-23)16-14-30-27(31-15-16)39-17-8-4-3-5-9-17/h2-5,8-9,12-15,18-19H,1,6-7,10-11H2,(H,32,36)(H,33,37)(H,34,38)/t18-,19?/m1/s1. The van der Waals surface area contributed by atoms with E-state index in [-0.39, 0.29) is 29.9 Å². The Bertz CT molecular complexity index is 1610. The average molecular weight is 556 g/mol. The minimum Gasteiger partial charge on any atom is -0.424 e. The van der Waals surface area contributed by atoms with Gasteiger partial charge in [-0.25, -0.2) is 19.7 Å². The molecule has 4 aromatic rings. The van der Waals surface area contributed by atoms with Gasteiger partial charge in [0, 0.05) is 18.3 Å². The van der Waals surface area contributed by atoms with E-state index in [1.165, 1.54) is 34.7 Å². The maximum Gasteiger partial charge on any atom is 0.331 e. The molecule has 2 aliphatic rings. The molecule has 4 amide bonds. The van der Waals surface area contributed by atoms with Gasteiger partial charge in [0.05, 0.1) is 34.8 Å². The molecule has 11 nitrogen and oxygen atoms in total. The first-order chi connectivity index (χ1) is 19.5. The van der Waals surface area contributed by atoms with Crippen LogP contribution in [0, 0.1) is 0 Å². The van der Waals surface area contributed by atoms with Gasteiger partial charge in [-0.2, -0.15) is 0 Å². The smallest absolute Gasteiger partial charge is 0.331 e. The van der Waals surface area contributed by atoms with Crippen LogP contribution >= 0.6 is 11.3 Å². The van der Waals surface area contributed by atoms with Crippen LogP contribution in [-0.2, 0) is 4.79 Å². The number of carbonyl (C=O) groups excluding carboxylic acids is 3. The van der Waals surface area contributed by atoms with Gasteiger partial charge in [-0.05, 0) is 37.1 Å². The number of aromatic nitrogens is 3. The van der Waals surface area contributed by atoms with Crippen molar-refractivity contribution in [3.8, 4) is 11.8 Å². The lowest BCUT2D eigenvalue weighted by atomic mass is 9.90. The number of pyridine rings is 1. The van der Waals surface area contributed by atoms with Crippen molar-refractivity contribution in [1.29, 1.82) is 0 Å². The Morgan fingerprint density at radius 2 is 1.77 bits per heavy atom. The first-order valence-electron chi connectivity index (χ1n) is 12.8. The number of carbonyl (C=O) groups is 3. The van der Waals surface area contributed by atoms with Gasteiger partial charge in [0.25, 0.3) is 5.91 Å². The van der Waals surface area contributed by atoms with Gasteiger partial charge in [-0.15, -0.1) is 11.3 Å². The minimum absolute atomic E-state index is 0.146. The zero-order valence-corrected chi connectivity index (χ0v) is 22.1. The number of urea groups is 1. The highest BCUT2D eigenvalue weighted by Gasteiger charge is 2.35. The lowest BCUT2D eigenvalue weighted by Gasteiger charge is -2.32. The number of rotatable bonds is 7. The lowest BCUT2D eigenvalue weighted by molar-refractivity contribution is -0.117. The minimum atomic E-state index is -0.457. The van der Waals surface area contributed by atoms with Crippen molar-refractivity contribution in [2.24, 2.45) is 0 Å². The number of thiophene rings is 1. The van der Waals surface area contributed by atoms with Gasteiger partial charge in [0.2, 0.25) is 5.91 Å². The Balaban J connectivity index is 1.27. The Labute approximate surface area is 233 Å². The summed E-state index contributed by atoms with van der Waals surface area (Å²) in [5.41, 5.74) is 1.40. The highest BCUT2D eigenvalue weighted by atomic mass is 32.1. The Kier molecular flexibility index (Phi) is 6.83. The monoisotopic (exact) mass is 555 g/mol. The van der Waals surface area contributed by atoms with E-state index < -0.39 is 6.03 Å². The lowest BCUT2D eigenvalue weighted by Crippen LogP contribution is -2.52. The fourth-order valence-electron chi connectivity index (χ4n) is 5.02. The van der Waals surface area contributed by atoms with Crippen LogP contribution in [0.15, 0.2) is 67.6 Å². The molecule has 0 saturated heterocycles. The maximum atomic E-state index is 13.5. The summed E-state index contributed by atoms with van der Waals surface area (Å²) in [6.07, 6.45) is 9.24. The summed E-state index contributed by atoms with van der Waals surface area (Å²) in [5, 5.41) is 9.52. The molecule has 12 heteroatoms. The van der Waals surface area contributed by atoms with Crippen LogP contribution in [0.2, 0.25) is 0 Å². The normalized spacial score (nSPS) is 18.1. The van der Waals surface area contributed by atoms with E-state index >= 15 is 0 Å². The second-order valence-corrected chi connectivity index (χ2v) is 10.4. The number of benzene rings is 1. The summed E-state index contributed by atoms with van der Waals surface area (Å²) in [4.78, 5) is 54.2. The molecule has 2 atom stereocenters. The van der Waals surface area contributed by atoms with Gasteiger partial charge in [0.15, 0.2) is 0 Å². The van der Waals surface area contributed by atoms with Gasteiger partial charge in [-0.3, -0.25) is 14.5 Å². The Hall–Kier alpha value is -4.84. The van der Waals surface area contributed by atoms with E-state index in [1.807, 2.05) is 18.2 Å². The third kappa shape index (κ3) is 4.84. The first kappa shape index (κ1) is 25.4. The molecule has 0 bridgehead atoms. The predicted octanol–water partition coefficient (Wildman–Crippen LogP) is 4.91. The molecule has 1 fully saturated rings. The van der Waals surface area contributed by atoms with E-state index in [2.05, 4.69) is 37.5 Å². The van der Waals surface area contributed by atoms with E-state index in [0.717, 1.165) is 25.7 Å². The van der Waals surface area contributed by atoms with Crippen molar-refractivity contribution in [2.45, 2.75) is 37.8 Å². The number of nitrogens with one attached hydrogen (secondary N) is 3. The molecule has 1 saturated carbocycles. The van der Waals surface area contributed by atoms with E-state index in [4.69, 9.17) is 4.74 Å². The van der Waals surface area contributed by atoms with Gasteiger partial charge in [0.1, 0.15) is 15.5 Å². The van der Waals surface area contributed by atoms with E-state index in [1.54, 1.807) is 24.4 Å². The summed E-state index contributed by atoms with van der Waals surface area (Å²) >= 11 is 1.20. The fraction of sp³-hybridized carbons (Fsp3) is 0.214. The number of hydrogen-bond donors (Lipinski definition) is 3. The molecule has 0 spiro atoms. The summed E-state index contributed by atoms with van der Waals surface area (Å²) in [6.45, 7) is 3.51. The van der Waals surface area contributed by atoms with Crippen LogP contribution in [0.3, 0.4) is 0 Å². The maximum absolute atomic E-state index is 13.5. The SMILES string of the molecule is C=CC(=O)N[C@@H]1CCCCC1NC(=O)c1sc2nccc3c2c1NC(=O)N3c1cnc(Oc2ccccc2)nc1. The second-order valence-electron chi connectivity index (χ2n) is 9.40. The predicted molar refractivity (Wildman–Crippen MR) is 151 cm³/mol. The Morgan fingerprint density at radius 3 is 2.50 bits per heavy atom. The van der Waals surface area contributed by atoms with Gasteiger partial charge in [-0.1, -0.05) is 37.6 Å². The topological polar surface area (TPSA) is 138 Å². The molecule has 1 aliphatic heterocycles. The highest BCUT2D eigenvalue weighted by molar-refractivity contribution is 7.21. The molecule has 40 heavy (non-hydrogen) atoms. The van der Waals surface area contributed by atoms with Crippen LogP contribution < -0.4 is 25.6 Å². The molecule has 202 valence electrons. The third-order valence-electron chi connectivity index (χ3n) is 6.87. The Morgan fingerprint density at radius 1 is 1.05 bits per heavy atom. The first-order valence-corrected chi connectivity index (χ1v) is 13.6. The van der Waals surface area contributed by atoms with Crippen molar-refractivity contribution in [3.63, 3.8) is 0 Å². The number of hydrogen-bond acceptors (Lipinski definition) is 8.